The lowest BCUT2D eigenvalue weighted by Crippen LogP contribution is -2.65. The maximum absolute atomic E-state index is 13.2. The average molecular weight is 341 g/mol. The van der Waals surface area contributed by atoms with Crippen LogP contribution in [0.3, 0.4) is 0 Å². The molecule has 134 valence electrons. The van der Waals surface area contributed by atoms with Gasteiger partial charge >= 0.3 is 0 Å². The highest BCUT2D eigenvalue weighted by Gasteiger charge is 2.66. The lowest BCUT2D eigenvalue weighted by molar-refractivity contribution is -0.152. The number of fused-ring (bicyclic) bond motifs is 1. The Morgan fingerprint density at radius 1 is 1.24 bits per heavy atom. The molecule has 0 spiro atoms. The molecule has 4 rings (SSSR count). The van der Waals surface area contributed by atoms with Crippen LogP contribution < -0.4 is 4.74 Å². The topological polar surface area (TPSA) is 58.9 Å². The van der Waals surface area contributed by atoms with Crippen LogP contribution in [0.15, 0.2) is 17.1 Å². The van der Waals surface area contributed by atoms with Crippen LogP contribution in [0.2, 0.25) is 0 Å². The van der Waals surface area contributed by atoms with Gasteiger partial charge in [-0.1, -0.05) is 33.8 Å². The van der Waals surface area contributed by atoms with Crippen molar-refractivity contribution in [3.63, 3.8) is 0 Å². The highest BCUT2D eigenvalue weighted by atomic mass is 16.5. The maximum atomic E-state index is 13.2. The van der Waals surface area contributed by atoms with Crippen molar-refractivity contribution in [1.82, 2.24) is 0 Å². The van der Waals surface area contributed by atoms with E-state index in [-0.39, 0.29) is 34.3 Å². The second kappa shape index (κ2) is 4.87. The third kappa shape index (κ3) is 1.83. The van der Waals surface area contributed by atoms with Gasteiger partial charge in [0.2, 0.25) is 0 Å². The molecule has 4 heteroatoms. The van der Waals surface area contributed by atoms with Crippen molar-refractivity contribution >= 4 is 12.0 Å². The number of aromatic hydroxyl groups is 1. The zero-order valence-corrected chi connectivity index (χ0v) is 15.7. The standard InChI is InChI=1S/C21H27NO3/c1-19(2)15(23)11-21-8-9-22-13(18(21)20(19,3)4)10-12-6-7-14(25-5)17(24)16(12)21/h6-7,9,13,18,24H,8,10-11H2,1-5H3/t13-,18+,21-/m1/s1. The first-order chi connectivity index (χ1) is 11.7. The number of benzene rings is 1. The fourth-order valence-corrected chi connectivity index (χ4v) is 5.79. The lowest BCUT2D eigenvalue weighted by Gasteiger charge is -2.63. The van der Waals surface area contributed by atoms with Crippen LogP contribution in [0.25, 0.3) is 0 Å². The number of carbonyl (C=O) groups excluding carboxylic acids is 1. The first kappa shape index (κ1) is 16.6. The SMILES string of the molecule is COc1ccc2c(c1O)[C@]13CC=N[C@H](C2)[C@H]1C(C)(C)C(C)(C)C(=O)C3. The Balaban J connectivity index is 2.03. The predicted octanol–water partition coefficient (Wildman–Crippen LogP) is 3.68. The third-order valence-electron chi connectivity index (χ3n) is 7.67. The first-order valence-corrected chi connectivity index (χ1v) is 9.11. The molecule has 1 aliphatic heterocycles. The second-order valence-electron chi connectivity index (χ2n) is 9.04. The summed E-state index contributed by atoms with van der Waals surface area (Å²) < 4.78 is 5.38. The number of ketones is 1. The number of Topliss-reactive ketones (excluding diaryl/α,β-unsaturated/α-hetero) is 1. The molecule has 1 fully saturated rings. The van der Waals surface area contributed by atoms with Crippen LogP contribution in [-0.2, 0) is 16.6 Å². The minimum Gasteiger partial charge on any atom is -0.504 e. The first-order valence-electron chi connectivity index (χ1n) is 9.11. The summed E-state index contributed by atoms with van der Waals surface area (Å²) in [6.07, 6.45) is 3.95. The van der Waals surface area contributed by atoms with Gasteiger partial charge in [-0.15, -0.1) is 0 Å². The highest BCUT2D eigenvalue weighted by Crippen LogP contribution is 2.66. The minimum atomic E-state index is -0.404. The van der Waals surface area contributed by atoms with E-state index in [1.807, 2.05) is 18.3 Å². The van der Waals surface area contributed by atoms with Crippen molar-refractivity contribution in [1.29, 1.82) is 0 Å². The molecule has 0 amide bonds. The number of rotatable bonds is 1. The Labute approximate surface area is 149 Å². The summed E-state index contributed by atoms with van der Waals surface area (Å²) in [4.78, 5) is 18.0. The van der Waals surface area contributed by atoms with E-state index >= 15 is 0 Å². The number of nitrogens with zero attached hydrogens (tertiary/aromatic N) is 1. The van der Waals surface area contributed by atoms with Gasteiger partial charge in [0.1, 0.15) is 5.78 Å². The number of carbonyl (C=O) groups is 1. The monoisotopic (exact) mass is 341 g/mol. The Morgan fingerprint density at radius 3 is 2.64 bits per heavy atom. The van der Waals surface area contributed by atoms with Gasteiger partial charge in [0.25, 0.3) is 0 Å². The van der Waals surface area contributed by atoms with E-state index in [0.717, 1.165) is 17.5 Å². The van der Waals surface area contributed by atoms with Gasteiger partial charge in [0.05, 0.1) is 13.2 Å². The summed E-state index contributed by atoms with van der Waals surface area (Å²) >= 11 is 0. The van der Waals surface area contributed by atoms with E-state index in [0.29, 0.717) is 18.6 Å². The van der Waals surface area contributed by atoms with Gasteiger partial charge < -0.3 is 9.84 Å². The normalized spacial score (nSPS) is 34.2. The Morgan fingerprint density at radius 2 is 1.96 bits per heavy atom. The molecule has 0 aromatic heterocycles. The molecule has 4 nitrogen and oxygen atoms in total. The van der Waals surface area contributed by atoms with Gasteiger partial charge in [-0.25, -0.2) is 0 Å². The summed E-state index contributed by atoms with van der Waals surface area (Å²) in [7, 11) is 1.57. The predicted molar refractivity (Wildman–Crippen MR) is 97.6 cm³/mol. The Bertz CT molecular complexity index is 793. The molecule has 0 unspecified atom stereocenters. The summed E-state index contributed by atoms with van der Waals surface area (Å²) in [5, 5.41) is 11.0. The van der Waals surface area contributed by atoms with Crippen LogP contribution in [0, 0.1) is 16.7 Å². The number of aliphatic imine (C=N–C) groups is 1. The van der Waals surface area contributed by atoms with E-state index in [1.165, 1.54) is 0 Å². The van der Waals surface area contributed by atoms with E-state index in [1.54, 1.807) is 7.11 Å². The Hall–Kier alpha value is -1.84. The van der Waals surface area contributed by atoms with Crippen LogP contribution in [0.1, 0.15) is 51.7 Å². The van der Waals surface area contributed by atoms with Crippen molar-refractivity contribution in [3.05, 3.63) is 23.3 Å². The molecule has 3 atom stereocenters. The van der Waals surface area contributed by atoms with Crippen molar-refractivity contribution < 1.29 is 14.6 Å². The molecule has 25 heavy (non-hydrogen) atoms. The molecular formula is C21H27NO3. The zero-order valence-electron chi connectivity index (χ0n) is 15.7. The fourth-order valence-electron chi connectivity index (χ4n) is 5.79. The molecule has 1 aromatic carbocycles. The minimum absolute atomic E-state index is 0.163. The Kier molecular flexibility index (Phi) is 3.23. The second-order valence-corrected chi connectivity index (χ2v) is 9.04. The molecule has 1 saturated carbocycles. The molecule has 2 aliphatic carbocycles. The maximum Gasteiger partial charge on any atom is 0.161 e. The van der Waals surface area contributed by atoms with Gasteiger partial charge in [-0.3, -0.25) is 9.79 Å². The van der Waals surface area contributed by atoms with Gasteiger partial charge in [0, 0.05) is 22.8 Å². The molecule has 0 radical (unpaired) electrons. The number of ether oxygens (including phenoxy) is 1. The zero-order chi connectivity index (χ0) is 18.2. The quantitative estimate of drug-likeness (QED) is 0.848. The highest BCUT2D eigenvalue weighted by molar-refractivity contribution is 5.89. The molecule has 1 heterocycles. The molecular weight excluding hydrogens is 314 g/mol. The molecule has 1 aromatic rings. The van der Waals surface area contributed by atoms with Gasteiger partial charge in [-0.05, 0) is 42.0 Å². The molecule has 1 N–H and O–H groups in total. The number of hydrogen-bond acceptors (Lipinski definition) is 4. The van der Waals surface area contributed by atoms with E-state index in [9.17, 15) is 9.90 Å². The van der Waals surface area contributed by atoms with Crippen LogP contribution in [0.5, 0.6) is 11.5 Å². The summed E-state index contributed by atoms with van der Waals surface area (Å²) in [6.45, 7) is 8.56. The van der Waals surface area contributed by atoms with E-state index in [4.69, 9.17) is 9.73 Å². The molecule has 0 saturated heterocycles. The summed E-state index contributed by atoms with van der Waals surface area (Å²) in [5.41, 5.74) is 1.04. The number of phenols is 1. The van der Waals surface area contributed by atoms with Crippen LogP contribution in [0.4, 0.5) is 0 Å². The summed E-state index contributed by atoms with van der Waals surface area (Å²) in [6, 6.07) is 4.03. The fraction of sp³-hybridized carbons (Fsp3) is 0.619. The lowest BCUT2D eigenvalue weighted by atomic mass is 9.40. The number of methoxy groups -OCH3 is 1. The summed E-state index contributed by atoms with van der Waals surface area (Å²) in [5.74, 6) is 1.20. The van der Waals surface area contributed by atoms with E-state index in [2.05, 4.69) is 27.7 Å². The number of hydrogen-bond donors (Lipinski definition) is 1. The number of phenolic OH excluding ortho intramolecular Hbond substituents is 1. The van der Waals surface area contributed by atoms with Crippen molar-refractivity contribution in [2.45, 2.75) is 58.4 Å². The van der Waals surface area contributed by atoms with Crippen molar-refractivity contribution in [2.24, 2.45) is 21.7 Å². The van der Waals surface area contributed by atoms with Crippen LogP contribution >= 0.6 is 0 Å². The van der Waals surface area contributed by atoms with Crippen molar-refractivity contribution in [2.75, 3.05) is 7.11 Å². The smallest absolute Gasteiger partial charge is 0.161 e. The van der Waals surface area contributed by atoms with Crippen molar-refractivity contribution in [3.8, 4) is 11.5 Å². The molecule has 2 bridgehead atoms. The molecule has 3 aliphatic rings. The largest absolute Gasteiger partial charge is 0.504 e. The average Bonchev–Trinajstić information content (AvgIpc) is 2.52. The third-order valence-corrected chi connectivity index (χ3v) is 7.67. The van der Waals surface area contributed by atoms with Gasteiger partial charge in [-0.2, -0.15) is 0 Å². The van der Waals surface area contributed by atoms with E-state index < -0.39 is 5.41 Å². The van der Waals surface area contributed by atoms with Gasteiger partial charge in [0.15, 0.2) is 11.5 Å². The van der Waals surface area contributed by atoms with Crippen LogP contribution in [-0.4, -0.2) is 30.3 Å².